The van der Waals surface area contributed by atoms with E-state index in [0.29, 0.717) is 11.4 Å². The summed E-state index contributed by atoms with van der Waals surface area (Å²) in [5.41, 5.74) is 6.09. The Morgan fingerprint density at radius 1 is 0.964 bits per heavy atom. The maximum Gasteiger partial charge on any atom is 0.250 e. The first-order valence-corrected chi connectivity index (χ1v) is 11.8. The zero-order valence-corrected chi connectivity index (χ0v) is 16.5. The van der Waals surface area contributed by atoms with Crippen LogP contribution >= 0.6 is 0 Å². The summed E-state index contributed by atoms with van der Waals surface area (Å²) in [6.45, 7) is 0.119. The number of anilines is 2. The van der Waals surface area contributed by atoms with Gasteiger partial charge in [-0.25, -0.2) is 22.3 Å². The van der Waals surface area contributed by atoms with Gasteiger partial charge >= 0.3 is 0 Å². The van der Waals surface area contributed by atoms with Crippen LogP contribution in [0.2, 0.25) is 0 Å². The summed E-state index contributed by atoms with van der Waals surface area (Å²) in [5, 5.41) is 1.44. The Hall–Kier alpha value is -2.47. The first-order chi connectivity index (χ1) is 13.2. The van der Waals surface area contributed by atoms with Crippen molar-refractivity contribution < 1.29 is 21.6 Å². The van der Waals surface area contributed by atoms with E-state index in [2.05, 4.69) is 20.9 Å². The molecule has 1 heterocycles. The lowest BCUT2D eigenvalue weighted by Gasteiger charge is -2.19. The molecule has 2 aromatic carbocycles. The molecule has 1 amide bonds. The molecule has 1 aliphatic rings. The Labute approximate surface area is 163 Å². The maximum atomic E-state index is 12.7. The van der Waals surface area contributed by atoms with E-state index in [1.165, 1.54) is 24.3 Å². The summed E-state index contributed by atoms with van der Waals surface area (Å²) in [4.78, 5) is 12.7. The third kappa shape index (κ3) is 4.68. The summed E-state index contributed by atoms with van der Waals surface area (Å²) in [6.07, 6.45) is 1.09. The third-order valence-electron chi connectivity index (χ3n) is 4.19. The fourth-order valence-electron chi connectivity index (χ4n) is 2.76. The van der Waals surface area contributed by atoms with Crippen LogP contribution < -0.4 is 20.9 Å². The SMILES string of the molecule is CS(=O)(=O)c1ccc(NC(=O)C2CNNC2S(=O)(=O)Nc2ccccc2)cc1. The zero-order valence-electron chi connectivity index (χ0n) is 14.9. The highest BCUT2D eigenvalue weighted by Crippen LogP contribution is 2.20. The highest BCUT2D eigenvalue weighted by atomic mass is 32.2. The van der Waals surface area contributed by atoms with Gasteiger partial charge in [-0.05, 0) is 36.4 Å². The predicted octanol–water partition coefficient (Wildman–Crippen LogP) is 0.521. The van der Waals surface area contributed by atoms with E-state index in [9.17, 15) is 21.6 Å². The number of sulfone groups is 1. The third-order valence-corrected chi connectivity index (χ3v) is 6.95. The van der Waals surface area contributed by atoms with Crippen LogP contribution in [0.15, 0.2) is 59.5 Å². The number of hydrogen-bond donors (Lipinski definition) is 4. The highest BCUT2D eigenvalue weighted by Gasteiger charge is 2.41. The Kier molecular flexibility index (Phi) is 5.70. The molecule has 1 fully saturated rings. The largest absolute Gasteiger partial charge is 0.326 e. The zero-order chi connectivity index (χ0) is 20.4. The highest BCUT2D eigenvalue weighted by molar-refractivity contribution is 7.93. The monoisotopic (exact) mass is 424 g/mol. The van der Waals surface area contributed by atoms with Crippen molar-refractivity contribution in [1.29, 1.82) is 0 Å². The molecule has 1 aliphatic heterocycles. The van der Waals surface area contributed by atoms with Gasteiger partial charge in [0.2, 0.25) is 5.91 Å². The molecular formula is C17H20N4O5S2. The molecule has 2 aromatic rings. The summed E-state index contributed by atoms with van der Waals surface area (Å²) in [7, 11) is -7.23. The van der Waals surface area contributed by atoms with Crippen molar-refractivity contribution in [3.8, 4) is 0 Å². The van der Waals surface area contributed by atoms with Gasteiger partial charge in [0.15, 0.2) is 15.2 Å². The molecule has 0 saturated carbocycles. The van der Waals surface area contributed by atoms with E-state index < -0.39 is 37.1 Å². The topological polar surface area (TPSA) is 133 Å². The van der Waals surface area contributed by atoms with Gasteiger partial charge in [-0.15, -0.1) is 0 Å². The lowest BCUT2D eigenvalue weighted by atomic mass is 10.1. The first-order valence-electron chi connectivity index (χ1n) is 8.33. The second kappa shape index (κ2) is 7.87. The minimum absolute atomic E-state index is 0.119. The number of rotatable bonds is 6. The summed E-state index contributed by atoms with van der Waals surface area (Å²) in [5.74, 6) is -1.40. The standard InChI is InChI=1S/C17H20N4O5S2/c1-27(23,24)14-9-7-12(8-10-14)19-16(22)15-11-18-20-17(15)28(25,26)21-13-5-3-2-4-6-13/h2-10,15,17-18,20-21H,11H2,1H3,(H,19,22). The average Bonchev–Trinajstić information content (AvgIpc) is 3.13. The molecule has 1 saturated heterocycles. The number of para-hydroxylation sites is 1. The number of nitrogens with one attached hydrogen (secondary N) is 4. The van der Waals surface area contributed by atoms with E-state index in [4.69, 9.17) is 0 Å². The van der Waals surface area contributed by atoms with Crippen molar-refractivity contribution in [2.75, 3.05) is 22.8 Å². The van der Waals surface area contributed by atoms with Crippen LogP contribution in [0.1, 0.15) is 0 Å². The average molecular weight is 425 g/mol. The van der Waals surface area contributed by atoms with Gasteiger partial charge in [-0.2, -0.15) is 0 Å². The van der Waals surface area contributed by atoms with Crippen molar-refractivity contribution in [3.05, 3.63) is 54.6 Å². The number of hydrazine groups is 1. The van der Waals surface area contributed by atoms with Gasteiger partial charge in [-0.1, -0.05) is 18.2 Å². The second-order valence-electron chi connectivity index (χ2n) is 6.35. The molecule has 0 aromatic heterocycles. The molecule has 2 unspecified atom stereocenters. The van der Waals surface area contributed by atoms with E-state index in [-0.39, 0.29) is 11.4 Å². The summed E-state index contributed by atoms with van der Waals surface area (Å²) >= 11 is 0. The molecule has 0 spiro atoms. The molecule has 3 rings (SSSR count). The van der Waals surface area contributed by atoms with Crippen molar-refractivity contribution in [2.45, 2.75) is 10.3 Å². The molecule has 0 aliphatic carbocycles. The second-order valence-corrected chi connectivity index (χ2v) is 10.2. The smallest absolute Gasteiger partial charge is 0.250 e. The molecule has 9 nitrogen and oxygen atoms in total. The molecular weight excluding hydrogens is 404 g/mol. The summed E-state index contributed by atoms with van der Waals surface area (Å²) < 4.78 is 50.8. The number of carbonyl (C=O) groups is 1. The van der Waals surface area contributed by atoms with Crippen molar-refractivity contribution in [2.24, 2.45) is 5.92 Å². The molecule has 11 heteroatoms. The van der Waals surface area contributed by atoms with Crippen LogP contribution in [0, 0.1) is 5.92 Å². The fraction of sp³-hybridized carbons (Fsp3) is 0.235. The van der Waals surface area contributed by atoms with Crippen LogP contribution in [0.4, 0.5) is 11.4 Å². The number of carbonyl (C=O) groups excluding carboxylic acids is 1. The van der Waals surface area contributed by atoms with Crippen LogP contribution in [0.5, 0.6) is 0 Å². The fourth-order valence-corrected chi connectivity index (χ4v) is 4.87. The van der Waals surface area contributed by atoms with Gasteiger partial charge in [0.05, 0.1) is 10.8 Å². The number of hydrogen-bond acceptors (Lipinski definition) is 7. The maximum absolute atomic E-state index is 12.7. The number of amides is 1. The lowest BCUT2D eigenvalue weighted by molar-refractivity contribution is -0.119. The van der Waals surface area contributed by atoms with E-state index in [1.807, 2.05) is 0 Å². The Balaban J connectivity index is 1.72. The van der Waals surface area contributed by atoms with Gasteiger partial charge in [0, 0.05) is 24.2 Å². The lowest BCUT2D eigenvalue weighted by Crippen LogP contribution is -2.45. The molecule has 0 radical (unpaired) electrons. The Morgan fingerprint density at radius 2 is 1.61 bits per heavy atom. The van der Waals surface area contributed by atoms with Crippen molar-refractivity contribution in [1.82, 2.24) is 10.9 Å². The molecule has 0 bridgehead atoms. The molecule has 28 heavy (non-hydrogen) atoms. The first kappa shape index (κ1) is 20.3. The van der Waals surface area contributed by atoms with Crippen LogP contribution in [0.25, 0.3) is 0 Å². The van der Waals surface area contributed by atoms with Crippen LogP contribution in [-0.2, 0) is 24.7 Å². The van der Waals surface area contributed by atoms with Gasteiger partial charge in [0.25, 0.3) is 10.0 Å². The van der Waals surface area contributed by atoms with Crippen LogP contribution in [-0.4, -0.2) is 40.9 Å². The van der Waals surface area contributed by atoms with Crippen molar-refractivity contribution >= 4 is 37.1 Å². The number of benzene rings is 2. The molecule has 150 valence electrons. The number of sulfonamides is 1. The van der Waals surface area contributed by atoms with Crippen molar-refractivity contribution in [3.63, 3.8) is 0 Å². The van der Waals surface area contributed by atoms with Gasteiger partial charge in [-0.3, -0.25) is 14.9 Å². The normalized spacial score (nSPS) is 19.9. The van der Waals surface area contributed by atoms with Gasteiger partial charge in [0.1, 0.15) is 0 Å². The van der Waals surface area contributed by atoms with E-state index >= 15 is 0 Å². The minimum Gasteiger partial charge on any atom is -0.326 e. The Bertz CT molecular complexity index is 1050. The minimum atomic E-state index is -3.89. The summed E-state index contributed by atoms with van der Waals surface area (Å²) in [6, 6.07) is 14.0. The van der Waals surface area contributed by atoms with E-state index in [0.717, 1.165) is 6.26 Å². The molecule has 2 atom stereocenters. The van der Waals surface area contributed by atoms with E-state index in [1.54, 1.807) is 30.3 Å². The predicted molar refractivity (Wildman–Crippen MR) is 106 cm³/mol. The van der Waals surface area contributed by atoms with Gasteiger partial charge < -0.3 is 5.32 Å². The van der Waals surface area contributed by atoms with Crippen LogP contribution in [0.3, 0.4) is 0 Å². The Morgan fingerprint density at radius 3 is 2.21 bits per heavy atom. The molecule has 4 N–H and O–H groups in total. The quantitative estimate of drug-likeness (QED) is 0.531.